The summed E-state index contributed by atoms with van der Waals surface area (Å²) in [5.41, 5.74) is -1.71. The first-order chi connectivity index (χ1) is 14.0. The Morgan fingerprint density at radius 3 is 2.70 bits per heavy atom. The van der Waals surface area contributed by atoms with Crippen LogP contribution in [0.4, 0.5) is 23.8 Å². The molecule has 1 saturated heterocycles. The molecule has 0 unspecified atom stereocenters. The average Bonchev–Trinajstić information content (AvgIpc) is 3.12. The Morgan fingerprint density at radius 1 is 1.33 bits per heavy atom. The van der Waals surface area contributed by atoms with Gasteiger partial charge in [0.1, 0.15) is 17.7 Å². The molecule has 1 aliphatic heterocycles. The summed E-state index contributed by atoms with van der Waals surface area (Å²) < 4.78 is 52.1. The summed E-state index contributed by atoms with van der Waals surface area (Å²) in [6.07, 6.45) is -3.04. The van der Waals surface area contributed by atoms with Gasteiger partial charge in [-0.25, -0.2) is 9.78 Å². The number of hydrogen-bond donors (Lipinski definition) is 1. The zero-order valence-electron chi connectivity index (χ0n) is 17.2. The van der Waals surface area contributed by atoms with Gasteiger partial charge in [-0.3, -0.25) is 0 Å². The van der Waals surface area contributed by atoms with Crippen LogP contribution in [0.2, 0.25) is 0 Å². The number of carbonyl (C=O) groups excluding carboxylic acids is 1. The van der Waals surface area contributed by atoms with Crippen LogP contribution in [0.3, 0.4) is 0 Å². The van der Waals surface area contributed by atoms with E-state index in [1.807, 2.05) is 0 Å². The minimum atomic E-state index is -4.63. The fourth-order valence-electron chi connectivity index (χ4n) is 3.39. The van der Waals surface area contributed by atoms with Crippen molar-refractivity contribution in [3.05, 3.63) is 18.1 Å². The number of carbonyl (C=O) groups is 1. The molecule has 2 aromatic rings. The molecule has 0 saturated carbocycles. The number of rotatable bonds is 4. The lowest BCUT2D eigenvalue weighted by Gasteiger charge is -2.40. The van der Waals surface area contributed by atoms with Crippen LogP contribution in [0.15, 0.2) is 12.4 Å². The maximum absolute atomic E-state index is 13.4. The molecule has 2 atom stereocenters. The largest absolute Gasteiger partial charge is 0.444 e. The van der Waals surface area contributed by atoms with Crippen LogP contribution in [0.5, 0.6) is 0 Å². The van der Waals surface area contributed by atoms with E-state index in [1.54, 1.807) is 32.8 Å². The van der Waals surface area contributed by atoms with Crippen LogP contribution < -0.4 is 10.2 Å². The number of hydrogen-bond acceptors (Lipinski definition) is 7. The molecule has 0 aliphatic carbocycles. The summed E-state index contributed by atoms with van der Waals surface area (Å²) in [6, 6.07) is 0.613. The number of ether oxygens (including phenoxy) is 2. The SMILES string of the molecule is CO[C@H]1CCN(c2cc(C(F)(F)F)nc3ncnn23)[C@@H](CNC(=O)OC(C)(C)C)C1. The first-order valence-corrected chi connectivity index (χ1v) is 9.52. The van der Waals surface area contributed by atoms with Crippen molar-refractivity contribution >= 4 is 17.7 Å². The summed E-state index contributed by atoms with van der Waals surface area (Å²) >= 11 is 0. The Bertz CT molecular complexity index is 895. The Morgan fingerprint density at radius 2 is 2.07 bits per heavy atom. The number of methoxy groups -OCH3 is 1. The molecule has 1 N–H and O–H groups in total. The third-order valence-corrected chi connectivity index (χ3v) is 4.70. The maximum atomic E-state index is 13.4. The maximum Gasteiger partial charge on any atom is 0.433 e. The van der Waals surface area contributed by atoms with Crippen LogP contribution in [-0.4, -0.2) is 63.6 Å². The van der Waals surface area contributed by atoms with E-state index >= 15 is 0 Å². The molecular weight excluding hydrogens is 405 g/mol. The number of fused-ring (bicyclic) bond motifs is 1. The van der Waals surface area contributed by atoms with E-state index < -0.39 is 23.6 Å². The predicted octanol–water partition coefficient (Wildman–Crippen LogP) is 2.65. The average molecular weight is 430 g/mol. The number of nitrogens with one attached hydrogen (secondary N) is 1. The van der Waals surface area contributed by atoms with Crippen molar-refractivity contribution in [1.82, 2.24) is 24.9 Å². The van der Waals surface area contributed by atoms with Gasteiger partial charge < -0.3 is 19.7 Å². The van der Waals surface area contributed by atoms with Crippen LogP contribution in [0.25, 0.3) is 5.78 Å². The molecule has 0 radical (unpaired) electrons. The van der Waals surface area contributed by atoms with E-state index in [1.165, 1.54) is 4.52 Å². The number of alkyl halides is 3. The Labute approximate surface area is 171 Å². The third-order valence-electron chi connectivity index (χ3n) is 4.70. The van der Waals surface area contributed by atoms with Gasteiger partial charge in [-0.1, -0.05) is 0 Å². The normalized spacial score (nSPS) is 20.4. The van der Waals surface area contributed by atoms with Crippen molar-refractivity contribution in [2.24, 2.45) is 0 Å². The van der Waals surface area contributed by atoms with Crippen LogP contribution in [0.1, 0.15) is 39.3 Å². The fraction of sp³-hybridized carbons (Fsp3) is 0.667. The predicted molar refractivity (Wildman–Crippen MR) is 101 cm³/mol. The van der Waals surface area contributed by atoms with E-state index in [4.69, 9.17) is 9.47 Å². The lowest BCUT2D eigenvalue weighted by Crippen LogP contribution is -2.51. The molecule has 30 heavy (non-hydrogen) atoms. The second kappa shape index (κ2) is 8.25. The highest BCUT2D eigenvalue weighted by molar-refractivity contribution is 5.67. The minimum Gasteiger partial charge on any atom is -0.444 e. The number of halogens is 3. The zero-order chi connectivity index (χ0) is 22.1. The van der Waals surface area contributed by atoms with Gasteiger partial charge in [0.2, 0.25) is 0 Å². The van der Waals surface area contributed by atoms with Gasteiger partial charge in [0.05, 0.1) is 12.1 Å². The van der Waals surface area contributed by atoms with E-state index in [0.717, 1.165) is 12.4 Å². The number of anilines is 1. The number of nitrogens with zero attached hydrogens (tertiary/aromatic N) is 5. The van der Waals surface area contributed by atoms with E-state index in [-0.39, 0.29) is 30.3 Å². The molecule has 3 heterocycles. The van der Waals surface area contributed by atoms with Gasteiger partial charge in [0, 0.05) is 26.3 Å². The van der Waals surface area contributed by atoms with E-state index in [2.05, 4.69) is 20.4 Å². The summed E-state index contributed by atoms with van der Waals surface area (Å²) in [4.78, 5) is 21.2. The summed E-state index contributed by atoms with van der Waals surface area (Å²) in [6.45, 7) is 5.82. The Balaban J connectivity index is 1.90. The van der Waals surface area contributed by atoms with Gasteiger partial charge in [0.25, 0.3) is 5.78 Å². The first-order valence-electron chi connectivity index (χ1n) is 9.52. The highest BCUT2D eigenvalue weighted by Gasteiger charge is 2.37. The lowest BCUT2D eigenvalue weighted by atomic mass is 9.99. The number of alkyl carbamates (subject to hydrolysis) is 1. The minimum absolute atomic E-state index is 0.0816. The topological polar surface area (TPSA) is 93.9 Å². The highest BCUT2D eigenvalue weighted by Crippen LogP contribution is 2.33. The second-order valence-electron chi connectivity index (χ2n) is 8.08. The zero-order valence-corrected chi connectivity index (χ0v) is 17.2. The van der Waals surface area contributed by atoms with Crippen LogP contribution >= 0.6 is 0 Å². The third kappa shape index (κ3) is 5.10. The highest BCUT2D eigenvalue weighted by atomic mass is 19.4. The Kier molecular flexibility index (Phi) is 6.06. The van der Waals surface area contributed by atoms with Gasteiger partial charge in [-0.15, -0.1) is 0 Å². The summed E-state index contributed by atoms with van der Waals surface area (Å²) in [5.74, 6) is 0.0582. The molecule has 1 fully saturated rings. The van der Waals surface area contributed by atoms with E-state index in [9.17, 15) is 18.0 Å². The molecule has 9 nitrogen and oxygen atoms in total. The molecule has 0 aromatic carbocycles. The summed E-state index contributed by atoms with van der Waals surface area (Å²) in [5, 5.41) is 6.72. The van der Waals surface area contributed by atoms with Crippen molar-refractivity contribution < 1.29 is 27.4 Å². The van der Waals surface area contributed by atoms with Crippen LogP contribution in [-0.2, 0) is 15.7 Å². The van der Waals surface area contributed by atoms with Crippen molar-refractivity contribution in [2.45, 2.75) is 57.5 Å². The second-order valence-corrected chi connectivity index (χ2v) is 8.08. The molecule has 166 valence electrons. The molecule has 1 amide bonds. The van der Waals surface area contributed by atoms with E-state index in [0.29, 0.717) is 19.4 Å². The van der Waals surface area contributed by atoms with Crippen molar-refractivity contribution in [2.75, 3.05) is 25.1 Å². The number of amides is 1. The Hall–Kier alpha value is -2.63. The van der Waals surface area contributed by atoms with Crippen molar-refractivity contribution in [3.63, 3.8) is 0 Å². The van der Waals surface area contributed by atoms with Crippen molar-refractivity contribution in [1.29, 1.82) is 0 Å². The fourth-order valence-corrected chi connectivity index (χ4v) is 3.39. The molecule has 1 aliphatic rings. The molecule has 3 rings (SSSR count). The standard InChI is InChI=1S/C18H25F3N6O3/c1-17(2,3)30-16(28)22-9-11-7-12(29-4)5-6-26(11)14-8-13(18(19,20)21)25-15-23-10-24-27(14)15/h8,10-12H,5-7,9H2,1-4H3,(H,22,28)/t11-,12+/m1/s1. The summed E-state index contributed by atoms with van der Waals surface area (Å²) in [7, 11) is 1.59. The van der Waals surface area contributed by atoms with Gasteiger partial charge in [-0.05, 0) is 33.6 Å². The molecule has 0 bridgehead atoms. The van der Waals surface area contributed by atoms with Gasteiger partial charge in [-0.2, -0.15) is 27.8 Å². The number of piperidine rings is 1. The quantitative estimate of drug-likeness (QED) is 0.797. The lowest BCUT2D eigenvalue weighted by molar-refractivity contribution is -0.141. The molecule has 2 aromatic heterocycles. The van der Waals surface area contributed by atoms with Crippen LogP contribution in [0, 0.1) is 0 Å². The number of aromatic nitrogens is 4. The van der Waals surface area contributed by atoms with Gasteiger partial charge >= 0.3 is 12.3 Å². The van der Waals surface area contributed by atoms with Crippen molar-refractivity contribution in [3.8, 4) is 0 Å². The smallest absolute Gasteiger partial charge is 0.433 e. The first kappa shape index (κ1) is 22.1. The molecule has 0 spiro atoms. The molecular formula is C18H25F3N6O3. The monoisotopic (exact) mass is 430 g/mol. The van der Waals surface area contributed by atoms with Gasteiger partial charge in [0.15, 0.2) is 5.69 Å². The molecule has 12 heteroatoms.